The number of pyridine rings is 1. The van der Waals surface area contributed by atoms with Crippen LogP contribution in [0.3, 0.4) is 0 Å². The zero-order valence-electron chi connectivity index (χ0n) is 37.8. The lowest BCUT2D eigenvalue weighted by Crippen LogP contribution is -2.29. The van der Waals surface area contributed by atoms with Gasteiger partial charge in [-0.3, -0.25) is 23.4 Å². The first kappa shape index (κ1) is 52.7. The van der Waals surface area contributed by atoms with Gasteiger partial charge >= 0.3 is 10.1 Å². The molecule has 0 saturated heterocycles. The van der Waals surface area contributed by atoms with Gasteiger partial charge in [-0.05, 0) is 105 Å². The van der Waals surface area contributed by atoms with Gasteiger partial charge in [-0.2, -0.15) is 33.7 Å². The lowest BCUT2D eigenvalue weighted by Gasteiger charge is -2.27. The molecule has 20 nitrogen and oxygen atoms in total. The Morgan fingerprint density at radius 2 is 1.41 bits per heavy atom. The molecular formula is C44H50N5O15S5+. The van der Waals surface area contributed by atoms with Gasteiger partial charge in [0.15, 0.2) is 0 Å². The van der Waals surface area contributed by atoms with Crippen molar-refractivity contribution in [1.82, 2.24) is 10.3 Å². The fourth-order valence-corrected chi connectivity index (χ4v) is 10.9. The minimum Gasteiger partial charge on any atom is -0.348 e. The summed E-state index contributed by atoms with van der Waals surface area (Å²) in [5, 5.41) is 7.92. The molecule has 0 radical (unpaired) electrons. The van der Waals surface area contributed by atoms with Gasteiger partial charge in [-0.15, -0.1) is 4.28 Å². The van der Waals surface area contributed by atoms with Crippen LogP contribution in [0.15, 0.2) is 124 Å². The average molecular weight is 1050 g/mol. The standard InChI is InChI=1S/C44H49N5O15S5/c1-6-23-66(54,55)64-49-39-19-16-34(69(61,62)63)26-36(39)44(4,5)41(49)21-12-30(37-17-10-31(28-46-37)42(50)47-27-29-8-13-32(14-9-29)67(45,56)57)11-20-40-43(2,3)35-25-33(68(58,59)60)15-18-38(35)48(40)22-7-24-65(51,52)53/h8-21,25-26,28H,6-7,22-24,27H2,1-5H3,(H5-,45,47,50,51,52,53,56,57,58,59,60,61,62,63)/p+1. The van der Waals surface area contributed by atoms with Gasteiger partial charge in [0.25, 0.3) is 41.9 Å². The molecule has 1 amide bonds. The van der Waals surface area contributed by atoms with E-state index in [-0.39, 0.29) is 64.1 Å². The van der Waals surface area contributed by atoms with E-state index >= 15 is 0 Å². The number of hydrogen-bond donors (Lipinski definition) is 5. The van der Waals surface area contributed by atoms with E-state index in [4.69, 9.17) is 9.42 Å². The number of nitrogens with one attached hydrogen (secondary N) is 1. The first-order chi connectivity index (χ1) is 31.8. The Bertz CT molecular complexity index is 3420. The monoisotopic (exact) mass is 1050 g/mol. The van der Waals surface area contributed by atoms with E-state index in [1.165, 1.54) is 79.0 Å². The Labute approximate surface area is 401 Å². The van der Waals surface area contributed by atoms with Crippen LogP contribution in [0.25, 0.3) is 5.57 Å². The smallest absolute Gasteiger partial charge is 0.348 e. The molecule has 0 saturated carbocycles. The number of amides is 1. The SMILES string of the molecule is CCCS(=O)(=O)O[N+]1=C(/C=C/C(=C/C=C2/N(CCCS(=O)(=O)O)c3ccc(S(=O)(=O)O)cc3C2(C)C)c2ccc(C(=O)NCc3ccc(S(N)(=O)=O)cc3)cn2)C(C)(C)c2cc(S(=O)(=O)O)ccc21. The number of sulfonamides is 1. The number of nitrogens with zero attached hydrogens (tertiary/aromatic N) is 3. The highest BCUT2D eigenvalue weighted by Crippen LogP contribution is 2.49. The minimum atomic E-state index is -4.69. The van der Waals surface area contributed by atoms with Gasteiger partial charge in [-0.25, -0.2) is 13.6 Å². The maximum absolute atomic E-state index is 13.3. The Hall–Kier alpha value is -5.64. The number of hydrogen-bond acceptors (Lipinski definition) is 14. The molecule has 1 aromatic heterocycles. The number of nitrogens with two attached hydrogens (primary N) is 1. The van der Waals surface area contributed by atoms with E-state index in [1.807, 2.05) is 0 Å². The van der Waals surface area contributed by atoms with Crippen LogP contribution in [-0.4, -0.2) is 95.1 Å². The summed E-state index contributed by atoms with van der Waals surface area (Å²) in [6.45, 7) is 8.61. The molecule has 0 aliphatic carbocycles. The van der Waals surface area contributed by atoms with Crippen LogP contribution < -0.4 is 15.4 Å². The third-order valence-corrected chi connectivity index (χ3v) is 16.2. The number of aromatic nitrogens is 1. The Kier molecular flexibility index (Phi) is 14.7. The number of anilines is 1. The van der Waals surface area contributed by atoms with Gasteiger partial charge in [0.05, 0.1) is 42.9 Å². The largest absolute Gasteiger partial charge is 0.367 e. The summed E-state index contributed by atoms with van der Waals surface area (Å²) < 4.78 is 158. The van der Waals surface area contributed by atoms with Crippen molar-refractivity contribution in [2.24, 2.45) is 5.14 Å². The Morgan fingerprint density at radius 3 is 1.97 bits per heavy atom. The fraction of sp³-hybridized carbons (Fsp3) is 0.295. The third kappa shape index (κ3) is 12.0. The molecule has 25 heteroatoms. The van der Waals surface area contributed by atoms with Crippen LogP contribution in [0.5, 0.6) is 0 Å². The van der Waals surface area contributed by atoms with Gasteiger partial charge in [0.2, 0.25) is 15.7 Å². The summed E-state index contributed by atoms with van der Waals surface area (Å²) in [5.74, 6) is -1.49. The van der Waals surface area contributed by atoms with Crippen molar-refractivity contribution >= 4 is 79.1 Å². The summed E-state index contributed by atoms with van der Waals surface area (Å²) in [6.07, 6.45) is 7.83. The Balaban J connectivity index is 1.49. The fourth-order valence-electron chi connectivity index (χ4n) is 7.94. The number of allylic oxidation sites excluding steroid dienone is 6. The molecule has 0 atom stereocenters. The van der Waals surface area contributed by atoms with Crippen molar-refractivity contribution < 1.29 is 69.6 Å². The minimum absolute atomic E-state index is 0.0205. The van der Waals surface area contributed by atoms with E-state index < -0.39 is 77.9 Å². The van der Waals surface area contributed by atoms with Crippen LogP contribution >= 0.6 is 0 Å². The van der Waals surface area contributed by atoms with Gasteiger partial charge in [0.1, 0.15) is 0 Å². The van der Waals surface area contributed by atoms with E-state index in [1.54, 1.807) is 57.7 Å². The van der Waals surface area contributed by atoms with Crippen molar-refractivity contribution in [3.8, 4) is 0 Å². The number of rotatable bonds is 18. The van der Waals surface area contributed by atoms with Crippen molar-refractivity contribution in [2.75, 3.05) is 23.0 Å². The zero-order chi connectivity index (χ0) is 51.1. The lowest BCUT2D eigenvalue weighted by molar-refractivity contribution is -0.678. The van der Waals surface area contributed by atoms with E-state index in [0.29, 0.717) is 33.6 Å². The number of primary sulfonamides is 1. The summed E-state index contributed by atoms with van der Waals surface area (Å²) in [7, 11) is -21.9. The van der Waals surface area contributed by atoms with Gasteiger partial charge < -0.3 is 10.2 Å². The average Bonchev–Trinajstić information content (AvgIpc) is 3.58. The predicted molar refractivity (Wildman–Crippen MR) is 255 cm³/mol. The molecule has 0 fully saturated rings. The second-order valence-electron chi connectivity index (χ2n) is 17.2. The van der Waals surface area contributed by atoms with Crippen LogP contribution in [0.1, 0.15) is 80.2 Å². The molecule has 2 aliphatic rings. The van der Waals surface area contributed by atoms with E-state index in [2.05, 4.69) is 10.3 Å². The maximum atomic E-state index is 13.3. The van der Waals surface area contributed by atoms with Crippen molar-refractivity contribution in [2.45, 2.75) is 79.5 Å². The van der Waals surface area contributed by atoms with Crippen molar-refractivity contribution in [1.29, 1.82) is 0 Å². The van der Waals surface area contributed by atoms with Crippen molar-refractivity contribution in [3.05, 3.63) is 137 Å². The molecule has 0 bridgehead atoms. The van der Waals surface area contributed by atoms with E-state index in [0.717, 1.165) is 10.8 Å². The highest BCUT2D eigenvalue weighted by atomic mass is 32.2. The van der Waals surface area contributed by atoms with E-state index in [9.17, 15) is 60.5 Å². The molecule has 69 heavy (non-hydrogen) atoms. The molecule has 6 rings (SSSR count). The molecule has 2 aliphatic heterocycles. The van der Waals surface area contributed by atoms with Crippen LogP contribution in [0.2, 0.25) is 0 Å². The lowest BCUT2D eigenvalue weighted by atomic mass is 9.81. The Morgan fingerprint density at radius 1 is 0.797 bits per heavy atom. The molecular weight excluding hydrogens is 999 g/mol. The summed E-state index contributed by atoms with van der Waals surface area (Å²) >= 11 is 0. The molecule has 370 valence electrons. The molecule has 4 aromatic rings. The number of carbonyl (C=O) groups excluding carboxylic acids is 1. The third-order valence-electron chi connectivity index (χ3n) is 11.5. The first-order valence-corrected chi connectivity index (χ1v) is 28.5. The topological polar surface area (TPSA) is 315 Å². The quantitative estimate of drug-likeness (QED) is 0.0508. The molecule has 6 N–H and O–H groups in total. The number of fused-ring (bicyclic) bond motifs is 2. The number of benzene rings is 3. The molecule has 0 unspecified atom stereocenters. The number of carbonyl (C=O) groups is 1. The van der Waals surface area contributed by atoms with Crippen LogP contribution in [0.4, 0.5) is 11.4 Å². The summed E-state index contributed by atoms with van der Waals surface area (Å²) in [6, 6.07) is 16.2. The molecule has 3 aromatic carbocycles. The first-order valence-electron chi connectivity index (χ1n) is 20.9. The summed E-state index contributed by atoms with van der Waals surface area (Å²) in [5.41, 5.74) is 1.20. The second-order valence-corrected chi connectivity index (χ2v) is 24.8. The van der Waals surface area contributed by atoms with Gasteiger partial charge in [0, 0.05) is 64.1 Å². The van der Waals surface area contributed by atoms with Gasteiger partial charge in [-0.1, -0.05) is 39.0 Å². The second kappa shape index (κ2) is 19.3. The highest BCUT2D eigenvalue weighted by molar-refractivity contribution is 7.89. The molecule has 3 heterocycles. The predicted octanol–water partition coefficient (Wildman–Crippen LogP) is 4.80. The highest BCUT2D eigenvalue weighted by Gasteiger charge is 2.49. The van der Waals surface area contributed by atoms with Crippen molar-refractivity contribution in [3.63, 3.8) is 0 Å². The molecule has 0 spiro atoms. The van der Waals surface area contributed by atoms with Crippen LogP contribution in [0, 0.1) is 0 Å². The zero-order valence-corrected chi connectivity index (χ0v) is 41.8. The normalized spacial score (nSPS) is 16.8. The maximum Gasteiger partial charge on any atom is 0.367 e. The summed E-state index contributed by atoms with van der Waals surface area (Å²) in [4.78, 5) is 18.7. The van der Waals surface area contributed by atoms with Crippen LogP contribution in [-0.2, 0) is 72.2 Å².